The number of carbonyl (C=O) groups is 1. The quantitative estimate of drug-likeness (QED) is 0.712. The van der Waals surface area contributed by atoms with Gasteiger partial charge in [0, 0.05) is 31.5 Å². The van der Waals surface area contributed by atoms with Gasteiger partial charge in [-0.15, -0.1) is 0 Å². The highest BCUT2D eigenvalue weighted by molar-refractivity contribution is 7.54. The summed E-state index contributed by atoms with van der Waals surface area (Å²) in [5.41, 5.74) is 1.56. The molecule has 1 aliphatic heterocycles. The Hall–Kier alpha value is -2.34. The lowest BCUT2D eigenvalue weighted by Gasteiger charge is -2.30. The molecule has 1 amide bonds. The summed E-state index contributed by atoms with van der Waals surface area (Å²) in [4.78, 5) is 14.5. The first-order valence-electron chi connectivity index (χ1n) is 7.86. The maximum atomic E-state index is 13.2. The fourth-order valence-corrected chi connectivity index (χ4v) is 4.75. The van der Waals surface area contributed by atoms with Crippen LogP contribution in [-0.4, -0.2) is 34.3 Å². The highest BCUT2D eigenvalue weighted by atomic mass is 31.2. The Bertz CT molecular complexity index is 876. The van der Waals surface area contributed by atoms with E-state index in [1.54, 1.807) is 42.5 Å². The maximum Gasteiger partial charge on any atom is 0.357 e. The van der Waals surface area contributed by atoms with Crippen molar-refractivity contribution in [2.75, 3.05) is 33.3 Å². The second kappa shape index (κ2) is 7.11. The number of ether oxygens (including phenoxy) is 2. The lowest BCUT2D eigenvalue weighted by atomic mass is 10.1. The van der Waals surface area contributed by atoms with Crippen LogP contribution in [-0.2, 0) is 13.6 Å². The summed E-state index contributed by atoms with van der Waals surface area (Å²) < 4.78 is 34.2. The number of hydrogen-bond acceptors (Lipinski definition) is 6. The number of methoxy groups -OCH3 is 2. The molecule has 0 fully saturated rings. The minimum Gasteiger partial charge on any atom is -0.493 e. The Morgan fingerprint density at radius 1 is 0.923 bits per heavy atom. The zero-order chi connectivity index (χ0) is 18.9. The number of amides is 1. The first-order chi connectivity index (χ1) is 12.5. The van der Waals surface area contributed by atoms with Crippen molar-refractivity contribution in [1.29, 1.82) is 0 Å². The summed E-state index contributed by atoms with van der Waals surface area (Å²) >= 11 is 0. The Labute approximate surface area is 152 Å². The molecule has 7 nitrogen and oxygen atoms in total. The monoisotopic (exact) mass is 377 g/mol. The topological polar surface area (TPSA) is 74.3 Å². The van der Waals surface area contributed by atoms with Gasteiger partial charge >= 0.3 is 7.60 Å². The molecule has 1 aliphatic rings. The Kier molecular flexibility index (Phi) is 5.05. The summed E-state index contributed by atoms with van der Waals surface area (Å²) in [6.45, 7) is 0. The van der Waals surface area contributed by atoms with Gasteiger partial charge in [-0.25, -0.2) is 0 Å². The molecule has 0 radical (unpaired) electrons. The fraction of sp³-hybridized carbons (Fsp3) is 0.278. The zero-order valence-electron chi connectivity index (χ0n) is 15.0. The SMILES string of the molecule is COc1ccc(N2C(=O)c3ccccc3C2P(=O)(OC)OC)cc1OC. The molecule has 138 valence electrons. The van der Waals surface area contributed by atoms with Crippen LogP contribution in [0.3, 0.4) is 0 Å². The summed E-state index contributed by atoms with van der Waals surface area (Å²) in [6.07, 6.45) is 0. The van der Waals surface area contributed by atoms with E-state index in [1.165, 1.54) is 33.3 Å². The molecular weight excluding hydrogens is 357 g/mol. The summed E-state index contributed by atoms with van der Waals surface area (Å²) in [7, 11) is 2.02. The third kappa shape index (κ3) is 2.78. The lowest BCUT2D eigenvalue weighted by Crippen LogP contribution is -2.28. The Balaban J connectivity index is 2.19. The van der Waals surface area contributed by atoms with Crippen molar-refractivity contribution in [2.24, 2.45) is 0 Å². The van der Waals surface area contributed by atoms with Gasteiger partial charge in [0.05, 0.1) is 14.2 Å². The van der Waals surface area contributed by atoms with Crippen LogP contribution < -0.4 is 14.4 Å². The van der Waals surface area contributed by atoms with E-state index in [0.717, 1.165) is 0 Å². The van der Waals surface area contributed by atoms with Crippen molar-refractivity contribution in [3.63, 3.8) is 0 Å². The van der Waals surface area contributed by atoms with Crippen LogP contribution in [0.25, 0.3) is 0 Å². The van der Waals surface area contributed by atoms with Crippen LogP contribution in [0.2, 0.25) is 0 Å². The van der Waals surface area contributed by atoms with Crippen molar-refractivity contribution in [2.45, 2.75) is 5.78 Å². The molecule has 0 aromatic heterocycles. The number of fused-ring (bicyclic) bond motifs is 1. The second-order valence-corrected chi connectivity index (χ2v) is 7.88. The van der Waals surface area contributed by atoms with Crippen LogP contribution in [0.15, 0.2) is 42.5 Å². The van der Waals surface area contributed by atoms with Gasteiger partial charge in [0.2, 0.25) is 0 Å². The van der Waals surface area contributed by atoms with Crippen molar-refractivity contribution in [3.05, 3.63) is 53.6 Å². The van der Waals surface area contributed by atoms with Crippen molar-refractivity contribution >= 4 is 19.2 Å². The molecule has 1 heterocycles. The molecule has 0 bridgehead atoms. The average molecular weight is 377 g/mol. The molecule has 2 aromatic rings. The summed E-state index contributed by atoms with van der Waals surface area (Å²) in [5, 5.41) is 0. The van der Waals surface area contributed by atoms with Crippen LogP contribution in [0.1, 0.15) is 21.7 Å². The first kappa shape index (κ1) is 18.5. The highest BCUT2D eigenvalue weighted by Crippen LogP contribution is 2.64. The van der Waals surface area contributed by atoms with Gasteiger partial charge in [0.1, 0.15) is 0 Å². The molecule has 26 heavy (non-hydrogen) atoms. The third-order valence-corrected chi connectivity index (χ3v) is 6.51. The van der Waals surface area contributed by atoms with E-state index < -0.39 is 13.4 Å². The van der Waals surface area contributed by atoms with E-state index >= 15 is 0 Å². The highest BCUT2D eigenvalue weighted by Gasteiger charge is 2.49. The van der Waals surface area contributed by atoms with Gasteiger partial charge in [0.15, 0.2) is 17.3 Å². The van der Waals surface area contributed by atoms with E-state index in [0.29, 0.717) is 28.3 Å². The summed E-state index contributed by atoms with van der Waals surface area (Å²) in [5.74, 6) is -0.192. The molecule has 0 aliphatic carbocycles. The Morgan fingerprint density at radius 3 is 2.19 bits per heavy atom. The van der Waals surface area contributed by atoms with E-state index in [1.807, 2.05) is 0 Å². The minimum absolute atomic E-state index is 0.285. The Morgan fingerprint density at radius 2 is 1.58 bits per heavy atom. The second-order valence-electron chi connectivity index (χ2n) is 5.58. The average Bonchev–Trinajstić information content (AvgIpc) is 3.00. The van der Waals surface area contributed by atoms with Crippen molar-refractivity contribution in [3.8, 4) is 11.5 Å². The summed E-state index contributed by atoms with van der Waals surface area (Å²) in [6, 6.07) is 12.0. The molecule has 0 N–H and O–H groups in total. The lowest BCUT2D eigenvalue weighted by molar-refractivity contribution is 0.0992. The molecule has 1 unspecified atom stereocenters. The molecule has 0 saturated heterocycles. The van der Waals surface area contributed by atoms with Crippen LogP contribution in [0.5, 0.6) is 11.5 Å². The molecule has 1 atom stereocenters. The first-order valence-corrected chi connectivity index (χ1v) is 9.47. The number of carbonyl (C=O) groups excluding carboxylic acids is 1. The number of rotatable bonds is 6. The predicted molar refractivity (Wildman–Crippen MR) is 97.2 cm³/mol. The maximum absolute atomic E-state index is 13.2. The number of anilines is 1. The van der Waals surface area contributed by atoms with Crippen LogP contribution >= 0.6 is 7.60 Å². The van der Waals surface area contributed by atoms with Crippen LogP contribution in [0, 0.1) is 0 Å². The van der Waals surface area contributed by atoms with E-state index in [4.69, 9.17) is 18.5 Å². The third-order valence-electron chi connectivity index (χ3n) is 4.39. The number of benzene rings is 2. The normalized spacial score (nSPS) is 16.5. The van der Waals surface area contributed by atoms with Crippen molar-refractivity contribution in [1.82, 2.24) is 0 Å². The van der Waals surface area contributed by atoms with E-state index in [-0.39, 0.29) is 5.91 Å². The van der Waals surface area contributed by atoms with E-state index in [9.17, 15) is 9.36 Å². The molecule has 0 spiro atoms. The van der Waals surface area contributed by atoms with Crippen LogP contribution in [0.4, 0.5) is 5.69 Å². The molecular formula is C18H20NO6P. The van der Waals surface area contributed by atoms with Gasteiger partial charge in [-0.3, -0.25) is 14.3 Å². The zero-order valence-corrected chi connectivity index (χ0v) is 15.9. The van der Waals surface area contributed by atoms with Gasteiger partial charge in [-0.05, 0) is 23.8 Å². The van der Waals surface area contributed by atoms with E-state index in [2.05, 4.69) is 0 Å². The van der Waals surface area contributed by atoms with Gasteiger partial charge < -0.3 is 18.5 Å². The number of nitrogens with zero attached hydrogens (tertiary/aromatic N) is 1. The minimum atomic E-state index is -3.63. The fourth-order valence-electron chi connectivity index (χ4n) is 3.12. The molecule has 8 heteroatoms. The molecule has 3 rings (SSSR count). The predicted octanol–water partition coefficient (Wildman–Crippen LogP) is 3.85. The van der Waals surface area contributed by atoms with Crippen molar-refractivity contribution < 1.29 is 27.9 Å². The van der Waals surface area contributed by atoms with Gasteiger partial charge in [-0.1, -0.05) is 18.2 Å². The molecule has 0 saturated carbocycles. The van der Waals surface area contributed by atoms with Gasteiger partial charge in [-0.2, -0.15) is 0 Å². The standard InChI is InChI=1S/C18H20NO6P/c1-22-15-10-9-12(11-16(15)23-2)19-17(20)13-7-5-6-8-14(13)18(19)26(21,24-3)25-4/h5-11,18H,1-4H3. The van der Waals surface area contributed by atoms with Gasteiger partial charge in [0.25, 0.3) is 5.91 Å². The molecule has 2 aromatic carbocycles. The largest absolute Gasteiger partial charge is 0.493 e. The number of hydrogen-bond donors (Lipinski definition) is 0. The smallest absolute Gasteiger partial charge is 0.357 e.